The number of rotatable bonds is 5. The zero-order chi connectivity index (χ0) is 14.5. The lowest BCUT2D eigenvalue weighted by Crippen LogP contribution is -2.26. The summed E-state index contributed by atoms with van der Waals surface area (Å²) in [6, 6.07) is 11.9. The number of nitrogens with two attached hydrogens (primary N) is 1. The first kappa shape index (κ1) is 14.3. The van der Waals surface area contributed by atoms with Gasteiger partial charge in [0, 0.05) is 25.0 Å². The Morgan fingerprint density at radius 2 is 1.90 bits per heavy atom. The van der Waals surface area contributed by atoms with Gasteiger partial charge in [-0.1, -0.05) is 24.3 Å². The number of nitrogens with zero attached hydrogens (tertiary/aromatic N) is 1. The molecule has 1 amide bonds. The maximum absolute atomic E-state index is 12.0. The van der Waals surface area contributed by atoms with E-state index in [-0.39, 0.29) is 5.91 Å². The molecule has 4 heteroatoms. The third kappa shape index (κ3) is 3.27. The number of hydrogen-bond donors (Lipinski definition) is 2. The molecular weight excluding hydrogens is 250 g/mol. The summed E-state index contributed by atoms with van der Waals surface area (Å²) in [7, 11) is 2.00. The fourth-order valence-corrected chi connectivity index (χ4v) is 2.20. The van der Waals surface area contributed by atoms with Gasteiger partial charge in [0.25, 0.3) is 0 Å². The first-order valence-electron chi connectivity index (χ1n) is 6.76. The normalized spacial score (nSPS) is 10.6. The Morgan fingerprint density at radius 3 is 2.50 bits per heavy atom. The molecule has 0 aliphatic heterocycles. The van der Waals surface area contributed by atoms with Crippen LogP contribution in [0.25, 0.3) is 0 Å². The molecule has 20 heavy (non-hydrogen) atoms. The largest absolute Gasteiger partial charge is 0.350 e. The second kappa shape index (κ2) is 6.39. The molecule has 0 atom stereocenters. The topological polar surface area (TPSA) is 60.1 Å². The lowest BCUT2D eigenvalue weighted by atomic mass is 10.0. The highest BCUT2D eigenvalue weighted by Gasteiger charge is 2.08. The zero-order valence-electron chi connectivity index (χ0n) is 12.0. The van der Waals surface area contributed by atoms with Gasteiger partial charge in [-0.15, -0.1) is 0 Å². The number of hydrogen-bond acceptors (Lipinski definition) is 2. The molecule has 0 fully saturated rings. The molecule has 4 nitrogen and oxygen atoms in total. The number of benzene rings is 1. The number of aromatic nitrogens is 1. The number of aryl methyl sites for hydroxylation is 1. The molecule has 1 aromatic heterocycles. The third-order valence-corrected chi connectivity index (χ3v) is 3.63. The molecule has 1 heterocycles. The summed E-state index contributed by atoms with van der Waals surface area (Å²) in [5.41, 5.74) is 9.98. The van der Waals surface area contributed by atoms with Crippen molar-refractivity contribution in [2.45, 2.75) is 26.4 Å². The summed E-state index contributed by atoms with van der Waals surface area (Å²) in [5, 5.41) is 2.95. The maximum Gasteiger partial charge on any atom is 0.224 e. The lowest BCUT2D eigenvalue weighted by molar-refractivity contribution is -0.120. The van der Waals surface area contributed by atoms with Gasteiger partial charge in [0.15, 0.2) is 0 Å². The first-order valence-corrected chi connectivity index (χ1v) is 6.76. The number of carbonyl (C=O) groups is 1. The molecular formula is C16H21N3O. The molecule has 0 saturated carbocycles. The molecule has 3 N–H and O–H groups in total. The van der Waals surface area contributed by atoms with Crippen molar-refractivity contribution in [1.82, 2.24) is 9.88 Å². The molecule has 0 bridgehead atoms. The van der Waals surface area contributed by atoms with Gasteiger partial charge in [-0.25, -0.2) is 0 Å². The molecule has 0 spiro atoms. The van der Waals surface area contributed by atoms with Gasteiger partial charge in [-0.2, -0.15) is 0 Å². The predicted molar refractivity (Wildman–Crippen MR) is 80.0 cm³/mol. The van der Waals surface area contributed by atoms with Crippen LogP contribution in [0.5, 0.6) is 0 Å². The van der Waals surface area contributed by atoms with Gasteiger partial charge in [-0.05, 0) is 30.2 Å². The van der Waals surface area contributed by atoms with Crippen LogP contribution >= 0.6 is 0 Å². The molecule has 2 rings (SSSR count). The van der Waals surface area contributed by atoms with Gasteiger partial charge >= 0.3 is 0 Å². The van der Waals surface area contributed by atoms with Gasteiger partial charge in [-0.3, -0.25) is 4.79 Å². The average Bonchev–Trinajstić information content (AvgIpc) is 2.77. The fourth-order valence-electron chi connectivity index (χ4n) is 2.20. The summed E-state index contributed by atoms with van der Waals surface area (Å²) >= 11 is 0. The minimum Gasteiger partial charge on any atom is -0.350 e. The molecule has 106 valence electrons. The van der Waals surface area contributed by atoms with E-state index in [4.69, 9.17) is 5.73 Å². The number of carbonyl (C=O) groups excluding carboxylic acids is 1. The molecule has 0 aliphatic carbocycles. The Balaban J connectivity index is 1.94. The fraction of sp³-hybridized carbons (Fsp3) is 0.312. The number of amides is 1. The van der Waals surface area contributed by atoms with E-state index in [1.165, 1.54) is 5.69 Å². The quantitative estimate of drug-likeness (QED) is 0.868. The Labute approximate surface area is 119 Å². The number of nitrogens with one attached hydrogen (secondary N) is 1. The molecule has 1 aromatic carbocycles. The monoisotopic (exact) mass is 271 g/mol. The van der Waals surface area contributed by atoms with E-state index in [0.29, 0.717) is 19.5 Å². The molecule has 0 radical (unpaired) electrons. The van der Waals surface area contributed by atoms with Gasteiger partial charge in [0.05, 0.1) is 13.0 Å². The Bertz CT molecular complexity index is 602. The zero-order valence-corrected chi connectivity index (χ0v) is 12.0. The highest BCUT2D eigenvalue weighted by atomic mass is 16.1. The van der Waals surface area contributed by atoms with Crippen molar-refractivity contribution in [2.24, 2.45) is 12.8 Å². The van der Waals surface area contributed by atoms with E-state index in [2.05, 4.69) is 9.88 Å². The summed E-state index contributed by atoms with van der Waals surface area (Å²) < 4.78 is 2.08. The van der Waals surface area contributed by atoms with Crippen LogP contribution in [0.1, 0.15) is 22.5 Å². The summed E-state index contributed by atoms with van der Waals surface area (Å²) in [6.45, 7) is 3.05. The van der Waals surface area contributed by atoms with E-state index in [9.17, 15) is 4.79 Å². The lowest BCUT2D eigenvalue weighted by Gasteiger charge is -2.09. The second-order valence-corrected chi connectivity index (χ2v) is 4.95. The van der Waals surface area contributed by atoms with Crippen molar-refractivity contribution in [2.75, 3.05) is 0 Å². The van der Waals surface area contributed by atoms with Crippen molar-refractivity contribution in [3.05, 3.63) is 58.9 Å². The highest BCUT2D eigenvalue weighted by molar-refractivity contribution is 5.78. The maximum atomic E-state index is 12.0. The highest BCUT2D eigenvalue weighted by Crippen LogP contribution is 2.09. The molecule has 0 unspecified atom stereocenters. The van der Waals surface area contributed by atoms with Crippen molar-refractivity contribution < 1.29 is 4.79 Å². The average molecular weight is 271 g/mol. The smallest absolute Gasteiger partial charge is 0.224 e. The molecule has 0 saturated heterocycles. The van der Waals surface area contributed by atoms with Crippen LogP contribution in [-0.4, -0.2) is 10.5 Å². The minimum absolute atomic E-state index is 0.0183. The Morgan fingerprint density at radius 1 is 1.20 bits per heavy atom. The van der Waals surface area contributed by atoms with Gasteiger partial charge in [0.1, 0.15) is 0 Å². The van der Waals surface area contributed by atoms with Crippen LogP contribution in [0.4, 0.5) is 0 Å². The molecule has 0 aliphatic rings. The summed E-state index contributed by atoms with van der Waals surface area (Å²) in [4.78, 5) is 12.0. The van der Waals surface area contributed by atoms with E-state index < -0.39 is 0 Å². The van der Waals surface area contributed by atoms with Crippen molar-refractivity contribution in [1.29, 1.82) is 0 Å². The SMILES string of the molecule is Cc1ccc(CNC(=O)Cc2ccccc2CN)n1C. The van der Waals surface area contributed by atoms with Crippen LogP contribution < -0.4 is 11.1 Å². The van der Waals surface area contributed by atoms with Crippen LogP contribution in [0.2, 0.25) is 0 Å². The Hall–Kier alpha value is -2.07. The Kier molecular flexibility index (Phi) is 4.58. The second-order valence-electron chi connectivity index (χ2n) is 4.95. The van der Waals surface area contributed by atoms with Crippen LogP contribution in [0.15, 0.2) is 36.4 Å². The van der Waals surface area contributed by atoms with E-state index in [1.807, 2.05) is 50.4 Å². The van der Waals surface area contributed by atoms with E-state index >= 15 is 0 Å². The third-order valence-electron chi connectivity index (χ3n) is 3.63. The standard InChI is InChI=1S/C16H21N3O/c1-12-7-8-15(19(12)2)11-18-16(20)9-13-5-3-4-6-14(13)10-17/h3-8H,9-11,17H2,1-2H3,(H,18,20). The van der Waals surface area contributed by atoms with Gasteiger partial charge in [0.2, 0.25) is 5.91 Å². The van der Waals surface area contributed by atoms with Crippen LogP contribution in [-0.2, 0) is 31.4 Å². The predicted octanol–water partition coefficient (Wildman–Crippen LogP) is 1.65. The van der Waals surface area contributed by atoms with E-state index in [0.717, 1.165) is 16.8 Å². The van der Waals surface area contributed by atoms with Crippen molar-refractivity contribution >= 4 is 5.91 Å². The van der Waals surface area contributed by atoms with Crippen molar-refractivity contribution in [3.63, 3.8) is 0 Å². The first-order chi connectivity index (χ1) is 9.61. The molecule has 2 aromatic rings. The summed E-state index contributed by atoms with van der Waals surface area (Å²) in [6.07, 6.45) is 0.372. The summed E-state index contributed by atoms with van der Waals surface area (Å²) in [5.74, 6) is 0.0183. The van der Waals surface area contributed by atoms with Crippen LogP contribution in [0.3, 0.4) is 0 Å². The van der Waals surface area contributed by atoms with E-state index in [1.54, 1.807) is 0 Å². The van der Waals surface area contributed by atoms with Crippen molar-refractivity contribution in [3.8, 4) is 0 Å². The van der Waals surface area contributed by atoms with Gasteiger partial charge < -0.3 is 15.6 Å². The minimum atomic E-state index is 0.0183. The van der Waals surface area contributed by atoms with Crippen LogP contribution in [0, 0.1) is 6.92 Å².